The van der Waals surface area contributed by atoms with Gasteiger partial charge >= 0.3 is 0 Å². The zero-order chi connectivity index (χ0) is 9.61. The summed E-state index contributed by atoms with van der Waals surface area (Å²) >= 11 is 2.84. The molecule has 1 atom stereocenters. The highest BCUT2D eigenvalue weighted by molar-refractivity contribution is 8.90. The molecule has 0 saturated carbocycles. The molecule has 0 aliphatic heterocycles. The van der Waals surface area contributed by atoms with Crippen molar-refractivity contribution in [3.8, 4) is 0 Å². The normalized spacial score (nSPS) is 16.4. The van der Waals surface area contributed by atoms with Crippen molar-refractivity contribution in [3.63, 3.8) is 0 Å². The van der Waals surface area contributed by atoms with E-state index in [0.29, 0.717) is 5.92 Å². The molecule has 1 unspecified atom stereocenters. The second-order valence-electron chi connectivity index (χ2n) is 3.06. The maximum absolute atomic E-state index is 11.6. The van der Waals surface area contributed by atoms with Gasteiger partial charge in [-0.3, -0.25) is 10.1 Å². The van der Waals surface area contributed by atoms with Crippen LogP contribution >= 0.6 is 28.5 Å². The Bertz CT molecular complexity index is 163. The summed E-state index contributed by atoms with van der Waals surface area (Å²) in [5.74, 6) is 2.36. The number of rotatable bonds is 6. The summed E-state index contributed by atoms with van der Waals surface area (Å²) in [4.78, 5) is 0. The predicted molar refractivity (Wildman–Crippen MR) is 61.8 cm³/mol. The summed E-state index contributed by atoms with van der Waals surface area (Å²) in [6.45, 7) is 6.29. The van der Waals surface area contributed by atoms with Gasteiger partial charge in [-0.15, -0.1) is 0 Å². The van der Waals surface area contributed by atoms with Crippen molar-refractivity contribution in [2.24, 2.45) is 11.4 Å². The van der Waals surface area contributed by atoms with Gasteiger partial charge in [-0.2, -0.15) is 0 Å². The highest BCUT2D eigenvalue weighted by Crippen LogP contribution is 2.62. The number of hydrogen-bond acceptors (Lipinski definition) is 3. The van der Waals surface area contributed by atoms with Crippen LogP contribution in [0.3, 0.4) is 0 Å². The maximum Gasteiger partial charge on any atom is 0.252 e. The Balaban J connectivity index is 3.64. The van der Waals surface area contributed by atoms with E-state index in [0.717, 1.165) is 17.9 Å². The van der Waals surface area contributed by atoms with Crippen molar-refractivity contribution >= 4 is 28.5 Å². The lowest BCUT2D eigenvalue weighted by molar-refractivity contribution is 0.594. The number of nitrogens with two attached hydrogens (primary N) is 1. The predicted octanol–water partition coefficient (Wildman–Crippen LogP) is 3.59. The molecule has 12 heavy (non-hydrogen) atoms. The van der Waals surface area contributed by atoms with Crippen LogP contribution in [-0.2, 0) is 4.57 Å². The molecule has 2 N–H and O–H groups in total. The fourth-order valence-electron chi connectivity index (χ4n) is 0.509. The van der Waals surface area contributed by atoms with Gasteiger partial charge in [0, 0.05) is 11.5 Å². The molecule has 0 saturated heterocycles. The lowest BCUT2D eigenvalue weighted by Crippen LogP contribution is -1.94. The van der Waals surface area contributed by atoms with Gasteiger partial charge in [-0.1, -0.05) is 43.5 Å². The molecular weight excluding hydrogens is 209 g/mol. The second kappa shape index (κ2) is 6.36. The van der Waals surface area contributed by atoms with E-state index < -0.39 is 5.70 Å². The molecule has 74 valence electrons. The van der Waals surface area contributed by atoms with Crippen LogP contribution in [0.5, 0.6) is 0 Å². The van der Waals surface area contributed by atoms with Gasteiger partial charge in [-0.05, 0) is 12.3 Å². The first-order chi connectivity index (χ1) is 5.48. The van der Waals surface area contributed by atoms with Gasteiger partial charge in [0.25, 0.3) is 5.70 Å². The highest BCUT2D eigenvalue weighted by atomic mass is 33.1. The Labute approximate surface area is 83.4 Å². The van der Waals surface area contributed by atoms with Crippen molar-refractivity contribution < 1.29 is 4.57 Å². The lowest BCUT2D eigenvalue weighted by atomic mass is 10.3. The number of hydrogen-bond donors (Lipinski definition) is 1. The third-order valence-electron chi connectivity index (χ3n) is 1.06. The Morgan fingerprint density at radius 3 is 2.42 bits per heavy atom. The van der Waals surface area contributed by atoms with E-state index >= 15 is 0 Å². The third-order valence-corrected chi connectivity index (χ3v) is 8.24. The minimum atomic E-state index is -2.43. The van der Waals surface area contributed by atoms with E-state index in [4.69, 9.17) is 5.50 Å². The average Bonchev–Trinajstić information content (AvgIpc) is 1.98. The van der Waals surface area contributed by atoms with Gasteiger partial charge in [0.1, 0.15) is 0 Å². The molecule has 0 aromatic heterocycles. The molecular formula is C7H18NOPS2. The van der Waals surface area contributed by atoms with Gasteiger partial charge in [0.15, 0.2) is 0 Å². The smallest absolute Gasteiger partial charge is 0.252 e. The van der Waals surface area contributed by atoms with Crippen molar-refractivity contribution in [2.45, 2.75) is 27.2 Å². The lowest BCUT2D eigenvalue weighted by Gasteiger charge is -2.11. The SMILES string of the molecule is CCCSP(N)(=O)SCC(C)C. The largest absolute Gasteiger partial charge is 0.283 e. The molecule has 0 aliphatic rings. The van der Waals surface area contributed by atoms with Gasteiger partial charge < -0.3 is 0 Å². The molecule has 0 bridgehead atoms. The molecule has 0 rings (SSSR count). The molecule has 0 aromatic carbocycles. The first-order valence-corrected chi connectivity index (χ1v) is 9.11. The van der Waals surface area contributed by atoms with Gasteiger partial charge in [-0.25, -0.2) is 0 Å². The first kappa shape index (κ1) is 12.9. The summed E-state index contributed by atoms with van der Waals surface area (Å²) < 4.78 is 11.6. The van der Waals surface area contributed by atoms with Gasteiger partial charge in [0.2, 0.25) is 0 Å². The Morgan fingerprint density at radius 1 is 1.42 bits per heavy atom. The van der Waals surface area contributed by atoms with Gasteiger partial charge in [0.05, 0.1) is 0 Å². The topological polar surface area (TPSA) is 43.1 Å². The molecule has 5 heteroatoms. The van der Waals surface area contributed by atoms with Crippen LogP contribution in [0, 0.1) is 5.92 Å². The molecule has 0 fully saturated rings. The fraction of sp³-hybridized carbons (Fsp3) is 1.00. The zero-order valence-corrected chi connectivity index (χ0v) is 10.5. The molecule has 0 heterocycles. The quantitative estimate of drug-likeness (QED) is 0.704. The molecule has 0 amide bonds. The van der Waals surface area contributed by atoms with E-state index in [1.165, 1.54) is 22.8 Å². The van der Waals surface area contributed by atoms with E-state index in [9.17, 15) is 4.57 Å². The molecule has 0 radical (unpaired) electrons. The Morgan fingerprint density at radius 2 is 2.00 bits per heavy atom. The summed E-state index contributed by atoms with van der Waals surface area (Å²) in [6.07, 6.45) is 1.04. The third kappa shape index (κ3) is 7.53. The summed E-state index contributed by atoms with van der Waals surface area (Å²) in [5.41, 5.74) is 3.20. The van der Waals surface area contributed by atoms with E-state index in [1.807, 2.05) is 0 Å². The van der Waals surface area contributed by atoms with Crippen molar-refractivity contribution in [3.05, 3.63) is 0 Å². The Kier molecular flexibility index (Phi) is 6.83. The van der Waals surface area contributed by atoms with Crippen LogP contribution < -0.4 is 5.50 Å². The first-order valence-electron chi connectivity index (χ1n) is 4.15. The van der Waals surface area contributed by atoms with Crippen LogP contribution in [0.15, 0.2) is 0 Å². The standard InChI is InChI=1S/C7H18NOPS2/c1-4-5-11-10(8,9)12-6-7(2)3/h7H,4-6H2,1-3H3,(H2,8,9). The van der Waals surface area contributed by atoms with E-state index in [-0.39, 0.29) is 0 Å². The highest BCUT2D eigenvalue weighted by Gasteiger charge is 2.16. The van der Waals surface area contributed by atoms with Crippen LogP contribution in [0.2, 0.25) is 0 Å². The summed E-state index contributed by atoms with van der Waals surface area (Å²) in [6, 6.07) is 0. The van der Waals surface area contributed by atoms with Crippen molar-refractivity contribution in [1.82, 2.24) is 0 Å². The maximum atomic E-state index is 11.6. The average molecular weight is 227 g/mol. The van der Waals surface area contributed by atoms with Crippen LogP contribution in [0.4, 0.5) is 0 Å². The zero-order valence-electron chi connectivity index (χ0n) is 7.95. The summed E-state index contributed by atoms with van der Waals surface area (Å²) in [5, 5.41) is 0. The van der Waals surface area contributed by atoms with Crippen molar-refractivity contribution in [2.75, 3.05) is 11.5 Å². The van der Waals surface area contributed by atoms with E-state index in [1.54, 1.807) is 0 Å². The monoisotopic (exact) mass is 227 g/mol. The molecule has 0 aromatic rings. The van der Waals surface area contributed by atoms with Crippen LogP contribution in [0.1, 0.15) is 27.2 Å². The fourth-order valence-corrected chi connectivity index (χ4v) is 6.47. The minimum absolute atomic E-state index is 0.564. The Hall–Kier alpha value is 0.890. The molecule has 2 nitrogen and oxygen atoms in total. The molecule has 0 aliphatic carbocycles. The van der Waals surface area contributed by atoms with Crippen LogP contribution in [-0.4, -0.2) is 11.5 Å². The molecule has 0 spiro atoms. The summed E-state index contributed by atoms with van der Waals surface area (Å²) in [7, 11) is 0. The minimum Gasteiger partial charge on any atom is -0.283 e. The van der Waals surface area contributed by atoms with Crippen molar-refractivity contribution in [1.29, 1.82) is 0 Å². The van der Waals surface area contributed by atoms with Crippen LogP contribution in [0.25, 0.3) is 0 Å². The second-order valence-corrected chi connectivity index (χ2v) is 10.9. The van der Waals surface area contributed by atoms with E-state index in [2.05, 4.69) is 20.8 Å².